The second kappa shape index (κ2) is 8.43. The minimum absolute atomic E-state index is 0.976. The molecule has 1 fully saturated rings. The van der Waals surface area contributed by atoms with Crippen molar-refractivity contribution in [1.82, 2.24) is 9.80 Å². The summed E-state index contributed by atoms with van der Waals surface area (Å²) < 4.78 is 0. The maximum absolute atomic E-state index is 5.66. The Balaban J connectivity index is 2.39. The molecule has 0 atom stereocenters. The largest absolute Gasteiger partial charge is 0.404 e. The van der Waals surface area contributed by atoms with Crippen molar-refractivity contribution in [2.75, 3.05) is 32.7 Å². The smallest absolute Gasteiger partial charge is 0.0521 e. The predicted molar refractivity (Wildman–Crippen MR) is 82.2 cm³/mol. The van der Waals surface area contributed by atoms with Gasteiger partial charge in [0.2, 0.25) is 0 Å². The van der Waals surface area contributed by atoms with Crippen molar-refractivity contribution < 1.29 is 0 Å². The number of rotatable bonds is 5. The fourth-order valence-electron chi connectivity index (χ4n) is 2.07. The molecule has 4 nitrogen and oxygen atoms in total. The van der Waals surface area contributed by atoms with Gasteiger partial charge in [0.05, 0.1) is 5.70 Å². The molecule has 0 aromatic carbocycles. The summed E-state index contributed by atoms with van der Waals surface area (Å²) in [6.45, 7) is 9.15. The molecule has 0 amide bonds. The quantitative estimate of drug-likeness (QED) is 0.735. The summed E-state index contributed by atoms with van der Waals surface area (Å²) in [5.74, 6) is 0. The highest BCUT2D eigenvalue weighted by Gasteiger charge is 2.16. The molecule has 1 aliphatic rings. The van der Waals surface area contributed by atoms with Crippen LogP contribution in [-0.2, 0) is 0 Å². The van der Waals surface area contributed by atoms with Gasteiger partial charge in [0.1, 0.15) is 0 Å². The molecule has 1 saturated heterocycles. The molecule has 4 heteroatoms. The third-order valence-corrected chi connectivity index (χ3v) is 3.25. The van der Waals surface area contributed by atoms with E-state index in [1.165, 1.54) is 0 Å². The van der Waals surface area contributed by atoms with Gasteiger partial charge in [-0.15, -0.1) is 0 Å². The topological polar surface area (TPSA) is 58.5 Å². The van der Waals surface area contributed by atoms with Gasteiger partial charge in [0.25, 0.3) is 0 Å². The van der Waals surface area contributed by atoms with Gasteiger partial charge in [-0.2, -0.15) is 0 Å². The average Bonchev–Trinajstić information content (AvgIpc) is 2.45. The highest BCUT2D eigenvalue weighted by atomic mass is 15.3. The number of hydrogen-bond donors (Lipinski definition) is 2. The first-order valence-electron chi connectivity index (χ1n) is 6.78. The Labute approximate surface area is 116 Å². The SMILES string of the molecule is C/C=C\C(=C/N)N1CCN(C/C=C\C(C)=C/N)CC1. The van der Waals surface area contributed by atoms with Crippen LogP contribution in [-0.4, -0.2) is 42.5 Å². The van der Waals surface area contributed by atoms with Crippen LogP contribution in [0.5, 0.6) is 0 Å². The van der Waals surface area contributed by atoms with E-state index in [1.54, 1.807) is 12.4 Å². The number of nitrogens with zero attached hydrogens (tertiary/aromatic N) is 2. The molecule has 0 saturated carbocycles. The second-order valence-corrected chi connectivity index (χ2v) is 4.69. The van der Waals surface area contributed by atoms with Crippen LogP contribution in [0, 0.1) is 0 Å². The lowest BCUT2D eigenvalue weighted by atomic mass is 10.2. The molecule has 0 unspecified atom stereocenters. The maximum atomic E-state index is 5.66. The fourth-order valence-corrected chi connectivity index (χ4v) is 2.07. The summed E-state index contributed by atoms with van der Waals surface area (Å²) in [6, 6.07) is 0. The maximum Gasteiger partial charge on any atom is 0.0521 e. The van der Waals surface area contributed by atoms with Crippen molar-refractivity contribution in [1.29, 1.82) is 0 Å². The van der Waals surface area contributed by atoms with Gasteiger partial charge < -0.3 is 16.4 Å². The zero-order chi connectivity index (χ0) is 14.1. The Morgan fingerprint density at radius 2 is 1.74 bits per heavy atom. The van der Waals surface area contributed by atoms with Gasteiger partial charge in [0.15, 0.2) is 0 Å². The molecule has 0 aromatic rings. The molecular weight excluding hydrogens is 236 g/mol. The van der Waals surface area contributed by atoms with Crippen molar-refractivity contribution in [2.24, 2.45) is 11.5 Å². The highest BCUT2D eigenvalue weighted by Crippen LogP contribution is 2.10. The molecule has 0 bridgehead atoms. The molecule has 0 aliphatic carbocycles. The van der Waals surface area contributed by atoms with Gasteiger partial charge in [-0.1, -0.05) is 18.2 Å². The lowest BCUT2D eigenvalue weighted by molar-refractivity contribution is 0.175. The Morgan fingerprint density at radius 1 is 1.05 bits per heavy atom. The molecule has 1 aliphatic heterocycles. The lowest BCUT2D eigenvalue weighted by Gasteiger charge is -2.36. The molecule has 1 rings (SSSR count). The predicted octanol–water partition coefficient (Wildman–Crippen LogP) is 1.40. The Morgan fingerprint density at radius 3 is 2.26 bits per heavy atom. The average molecular weight is 262 g/mol. The highest BCUT2D eigenvalue weighted by molar-refractivity contribution is 5.17. The van der Waals surface area contributed by atoms with Crippen LogP contribution >= 0.6 is 0 Å². The number of nitrogens with two attached hydrogens (primary N) is 2. The molecule has 0 radical (unpaired) electrons. The molecule has 4 N–H and O–H groups in total. The third kappa shape index (κ3) is 5.22. The lowest BCUT2D eigenvalue weighted by Crippen LogP contribution is -2.45. The monoisotopic (exact) mass is 262 g/mol. The normalized spacial score (nSPS) is 19.8. The van der Waals surface area contributed by atoms with E-state index in [0.717, 1.165) is 44.0 Å². The van der Waals surface area contributed by atoms with Gasteiger partial charge in [-0.3, -0.25) is 4.90 Å². The summed E-state index contributed by atoms with van der Waals surface area (Å²) in [5.41, 5.74) is 13.3. The van der Waals surface area contributed by atoms with E-state index in [1.807, 2.05) is 19.9 Å². The van der Waals surface area contributed by atoms with E-state index in [-0.39, 0.29) is 0 Å². The van der Waals surface area contributed by atoms with E-state index in [2.05, 4.69) is 28.0 Å². The summed E-state index contributed by atoms with van der Waals surface area (Å²) in [5, 5.41) is 0. The first-order chi connectivity index (χ1) is 9.21. The zero-order valence-corrected chi connectivity index (χ0v) is 12.0. The summed E-state index contributed by atoms with van der Waals surface area (Å²) >= 11 is 0. The number of piperazine rings is 1. The van der Waals surface area contributed by atoms with Gasteiger partial charge in [0, 0.05) is 38.9 Å². The van der Waals surface area contributed by atoms with E-state index >= 15 is 0 Å². The van der Waals surface area contributed by atoms with Crippen molar-refractivity contribution in [3.63, 3.8) is 0 Å². The number of allylic oxidation sites excluding steroid dienone is 4. The Bertz CT molecular complexity index is 372. The van der Waals surface area contributed by atoms with Crippen LogP contribution in [0.1, 0.15) is 13.8 Å². The number of hydrogen-bond acceptors (Lipinski definition) is 4. The molecule has 0 aromatic heterocycles. The standard InChI is InChI=1S/C15H26N4/c1-3-5-15(13-17)19-10-8-18(9-11-19)7-4-6-14(2)12-16/h3-6,12-13H,7-11,16-17H2,1-2H3/b5-3-,6-4-,14-12-,15-13+. The zero-order valence-electron chi connectivity index (χ0n) is 12.0. The van der Waals surface area contributed by atoms with Crippen molar-refractivity contribution in [3.8, 4) is 0 Å². The molecule has 19 heavy (non-hydrogen) atoms. The van der Waals surface area contributed by atoms with E-state index < -0.39 is 0 Å². The minimum Gasteiger partial charge on any atom is -0.404 e. The van der Waals surface area contributed by atoms with Crippen LogP contribution in [0.2, 0.25) is 0 Å². The summed E-state index contributed by atoms with van der Waals surface area (Å²) in [4.78, 5) is 4.76. The molecule has 1 heterocycles. The first-order valence-corrected chi connectivity index (χ1v) is 6.78. The molecular formula is C15H26N4. The van der Waals surface area contributed by atoms with Crippen LogP contribution in [0.25, 0.3) is 0 Å². The first kappa shape index (κ1) is 15.4. The van der Waals surface area contributed by atoms with Crippen molar-refractivity contribution >= 4 is 0 Å². The van der Waals surface area contributed by atoms with E-state index in [9.17, 15) is 0 Å². The van der Waals surface area contributed by atoms with Gasteiger partial charge in [-0.25, -0.2) is 0 Å². The minimum atomic E-state index is 0.976. The van der Waals surface area contributed by atoms with Crippen LogP contribution < -0.4 is 11.5 Å². The van der Waals surface area contributed by atoms with Crippen molar-refractivity contribution in [3.05, 3.63) is 48.0 Å². The molecule has 0 spiro atoms. The fraction of sp³-hybridized carbons (Fsp3) is 0.467. The van der Waals surface area contributed by atoms with Crippen LogP contribution in [0.3, 0.4) is 0 Å². The van der Waals surface area contributed by atoms with Crippen molar-refractivity contribution in [2.45, 2.75) is 13.8 Å². The third-order valence-electron chi connectivity index (χ3n) is 3.25. The van der Waals surface area contributed by atoms with Gasteiger partial charge >= 0.3 is 0 Å². The summed E-state index contributed by atoms with van der Waals surface area (Å²) in [7, 11) is 0. The van der Waals surface area contributed by atoms with Gasteiger partial charge in [-0.05, 0) is 31.7 Å². The Hall–Kier alpha value is -1.68. The summed E-state index contributed by atoms with van der Waals surface area (Å²) in [6.07, 6.45) is 11.6. The van der Waals surface area contributed by atoms with E-state index in [4.69, 9.17) is 11.5 Å². The Kier molecular flexibility index (Phi) is 6.82. The molecule has 106 valence electrons. The second-order valence-electron chi connectivity index (χ2n) is 4.69. The van der Waals surface area contributed by atoms with E-state index in [0.29, 0.717) is 0 Å². The van der Waals surface area contributed by atoms with Crippen LogP contribution in [0.4, 0.5) is 0 Å². The van der Waals surface area contributed by atoms with Crippen LogP contribution in [0.15, 0.2) is 48.0 Å².